The number of nitrogens with zero attached hydrogens (tertiary/aromatic N) is 4. The van der Waals surface area contributed by atoms with Crippen LogP contribution in [0.25, 0.3) is 21.8 Å². The van der Waals surface area contributed by atoms with Gasteiger partial charge in [0.15, 0.2) is 0 Å². The molecule has 7 nitrogen and oxygen atoms in total. The first kappa shape index (κ1) is 21.8. The topological polar surface area (TPSA) is 65.9 Å². The van der Waals surface area contributed by atoms with E-state index in [0.29, 0.717) is 39.3 Å². The van der Waals surface area contributed by atoms with Crippen LogP contribution in [-0.2, 0) is 27.9 Å². The lowest BCUT2D eigenvalue weighted by atomic mass is 10.1. The fourth-order valence-electron chi connectivity index (χ4n) is 4.51. The molecular weight excluding hydrogens is 412 g/mol. The fraction of sp³-hybridized carbons (Fsp3) is 0.435. The van der Waals surface area contributed by atoms with Crippen molar-refractivity contribution >= 4 is 37.7 Å². The molecular formula is C23H30N4O3S. The maximum Gasteiger partial charge on any atom is 0.236 e. The predicted octanol–water partition coefficient (Wildman–Crippen LogP) is 2.35. The standard InChI is InChI=1S/C23H30N4O3S/c1-4-27-21-8-6-5-7-19(21)20-15-18(9-10-22(20)27)16-24(2)17-23(28)25-11-13-26(14-12-25)31(3,29)30/h5-10,15H,4,11-14,16-17H2,1-3H3. The van der Waals surface area contributed by atoms with Gasteiger partial charge in [-0.25, -0.2) is 8.42 Å². The number of rotatable bonds is 6. The van der Waals surface area contributed by atoms with Gasteiger partial charge in [0.1, 0.15) is 0 Å². The minimum absolute atomic E-state index is 0.0410. The monoisotopic (exact) mass is 442 g/mol. The lowest BCUT2D eigenvalue weighted by Crippen LogP contribution is -2.52. The Balaban J connectivity index is 1.43. The van der Waals surface area contributed by atoms with Crippen molar-refractivity contribution in [1.82, 2.24) is 18.7 Å². The largest absolute Gasteiger partial charge is 0.341 e. The van der Waals surface area contributed by atoms with Crippen LogP contribution in [0.15, 0.2) is 42.5 Å². The van der Waals surface area contributed by atoms with Gasteiger partial charge in [-0.15, -0.1) is 0 Å². The van der Waals surface area contributed by atoms with Crippen molar-refractivity contribution in [3.8, 4) is 0 Å². The van der Waals surface area contributed by atoms with Gasteiger partial charge in [-0.2, -0.15) is 4.31 Å². The van der Waals surface area contributed by atoms with E-state index in [0.717, 1.165) is 6.54 Å². The minimum atomic E-state index is -3.19. The summed E-state index contributed by atoms with van der Waals surface area (Å²) < 4.78 is 27.1. The van der Waals surface area contributed by atoms with E-state index in [1.54, 1.807) is 4.90 Å². The Morgan fingerprint density at radius 2 is 1.68 bits per heavy atom. The molecule has 0 N–H and O–H groups in total. The van der Waals surface area contributed by atoms with Gasteiger partial charge in [0.25, 0.3) is 0 Å². The Morgan fingerprint density at radius 3 is 2.35 bits per heavy atom. The zero-order valence-electron chi connectivity index (χ0n) is 18.4. The van der Waals surface area contributed by atoms with Crippen LogP contribution in [-0.4, -0.2) is 79.0 Å². The van der Waals surface area contributed by atoms with Gasteiger partial charge in [0.05, 0.1) is 12.8 Å². The van der Waals surface area contributed by atoms with Crippen molar-refractivity contribution < 1.29 is 13.2 Å². The summed E-state index contributed by atoms with van der Waals surface area (Å²) in [5, 5.41) is 2.50. The molecule has 1 saturated heterocycles. The number of benzene rings is 2. The number of aromatic nitrogens is 1. The average molecular weight is 443 g/mol. The first-order valence-electron chi connectivity index (χ1n) is 10.7. The van der Waals surface area contributed by atoms with E-state index in [1.807, 2.05) is 11.9 Å². The number of amides is 1. The van der Waals surface area contributed by atoms with Gasteiger partial charge in [0, 0.05) is 61.1 Å². The number of sulfonamides is 1. The predicted molar refractivity (Wildman–Crippen MR) is 124 cm³/mol. The van der Waals surface area contributed by atoms with Gasteiger partial charge < -0.3 is 9.47 Å². The number of para-hydroxylation sites is 1. The van der Waals surface area contributed by atoms with Gasteiger partial charge in [-0.1, -0.05) is 24.3 Å². The van der Waals surface area contributed by atoms with Gasteiger partial charge >= 0.3 is 0 Å². The Hall–Kier alpha value is -2.42. The highest BCUT2D eigenvalue weighted by Crippen LogP contribution is 2.29. The molecule has 0 atom stereocenters. The van der Waals surface area contributed by atoms with Crippen molar-refractivity contribution in [2.24, 2.45) is 0 Å². The third kappa shape index (κ3) is 4.46. The average Bonchev–Trinajstić information content (AvgIpc) is 3.06. The van der Waals surface area contributed by atoms with Crippen molar-refractivity contribution in [1.29, 1.82) is 0 Å². The van der Waals surface area contributed by atoms with E-state index in [-0.39, 0.29) is 5.91 Å². The smallest absolute Gasteiger partial charge is 0.236 e. The summed E-state index contributed by atoms with van der Waals surface area (Å²) in [6, 6.07) is 15.0. The van der Waals surface area contributed by atoms with Crippen molar-refractivity contribution in [2.45, 2.75) is 20.0 Å². The first-order chi connectivity index (χ1) is 14.8. The summed E-state index contributed by atoms with van der Waals surface area (Å²) in [5.41, 5.74) is 3.65. The molecule has 0 unspecified atom stereocenters. The maximum atomic E-state index is 12.7. The zero-order valence-corrected chi connectivity index (χ0v) is 19.2. The molecule has 0 saturated carbocycles. The Labute approximate surface area is 183 Å². The second kappa shape index (κ2) is 8.61. The molecule has 0 radical (unpaired) electrons. The lowest BCUT2D eigenvalue weighted by Gasteiger charge is -2.34. The molecule has 166 valence electrons. The number of fused-ring (bicyclic) bond motifs is 3. The van der Waals surface area contributed by atoms with Crippen LogP contribution in [0.4, 0.5) is 0 Å². The Morgan fingerprint density at radius 1 is 1.00 bits per heavy atom. The quantitative estimate of drug-likeness (QED) is 0.588. The Bertz CT molecular complexity index is 1210. The van der Waals surface area contributed by atoms with Gasteiger partial charge in [0.2, 0.25) is 15.9 Å². The fourth-order valence-corrected chi connectivity index (χ4v) is 5.33. The van der Waals surface area contributed by atoms with Gasteiger partial charge in [-0.05, 0) is 37.7 Å². The van der Waals surface area contributed by atoms with Crippen LogP contribution in [0.1, 0.15) is 12.5 Å². The van der Waals surface area contributed by atoms with E-state index in [4.69, 9.17) is 0 Å². The molecule has 0 bridgehead atoms. The van der Waals surface area contributed by atoms with Crippen molar-refractivity contribution in [2.75, 3.05) is 46.0 Å². The van der Waals surface area contributed by atoms with Crippen LogP contribution in [0.3, 0.4) is 0 Å². The molecule has 2 aromatic carbocycles. The minimum Gasteiger partial charge on any atom is -0.341 e. The molecule has 1 fully saturated rings. The number of piperazine rings is 1. The number of carbonyl (C=O) groups is 1. The zero-order chi connectivity index (χ0) is 22.2. The molecule has 0 aliphatic carbocycles. The van der Waals surface area contributed by atoms with Crippen molar-refractivity contribution in [3.63, 3.8) is 0 Å². The van der Waals surface area contributed by atoms with E-state index < -0.39 is 10.0 Å². The number of carbonyl (C=O) groups excluding carboxylic acids is 1. The van der Waals surface area contributed by atoms with Crippen molar-refractivity contribution in [3.05, 3.63) is 48.0 Å². The Kier molecular flexibility index (Phi) is 6.05. The molecule has 1 amide bonds. The van der Waals surface area contributed by atoms with Crippen LogP contribution >= 0.6 is 0 Å². The first-order valence-corrected chi connectivity index (χ1v) is 12.5. The molecule has 4 rings (SSSR count). The molecule has 2 heterocycles. The molecule has 0 spiro atoms. The third-order valence-electron chi connectivity index (χ3n) is 6.07. The molecule has 8 heteroatoms. The summed E-state index contributed by atoms with van der Waals surface area (Å²) in [6.45, 7) is 5.70. The lowest BCUT2D eigenvalue weighted by molar-refractivity contribution is -0.133. The second-order valence-corrected chi connectivity index (χ2v) is 10.3. The molecule has 1 aromatic heterocycles. The highest BCUT2D eigenvalue weighted by molar-refractivity contribution is 7.88. The molecule has 31 heavy (non-hydrogen) atoms. The second-order valence-electron chi connectivity index (χ2n) is 8.33. The van der Waals surface area contributed by atoms with E-state index in [1.165, 1.54) is 37.9 Å². The van der Waals surface area contributed by atoms with E-state index in [2.05, 4.69) is 54.0 Å². The van der Waals surface area contributed by atoms with Crippen LogP contribution in [0.2, 0.25) is 0 Å². The maximum absolute atomic E-state index is 12.7. The highest BCUT2D eigenvalue weighted by Gasteiger charge is 2.26. The number of hydrogen-bond acceptors (Lipinski definition) is 4. The SMILES string of the molecule is CCn1c2ccccc2c2cc(CN(C)CC(=O)N3CCN(S(C)(=O)=O)CC3)ccc21. The number of aryl methyl sites for hydroxylation is 1. The van der Waals surface area contributed by atoms with Crippen LogP contribution in [0, 0.1) is 0 Å². The summed E-state index contributed by atoms with van der Waals surface area (Å²) in [6.07, 6.45) is 1.22. The normalized spacial score (nSPS) is 15.9. The summed E-state index contributed by atoms with van der Waals surface area (Å²) >= 11 is 0. The van der Waals surface area contributed by atoms with Crippen LogP contribution in [0.5, 0.6) is 0 Å². The van der Waals surface area contributed by atoms with Gasteiger partial charge in [-0.3, -0.25) is 9.69 Å². The molecule has 3 aromatic rings. The van der Waals surface area contributed by atoms with Crippen LogP contribution < -0.4 is 0 Å². The van der Waals surface area contributed by atoms with E-state index >= 15 is 0 Å². The highest BCUT2D eigenvalue weighted by atomic mass is 32.2. The molecule has 1 aliphatic rings. The number of likely N-dealkylation sites (N-methyl/N-ethyl adjacent to an activating group) is 1. The van der Waals surface area contributed by atoms with E-state index in [9.17, 15) is 13.2 Å². The summed E-state index contributed by atoms with van der Waals surface area (Å²) in [4.78, 5) is 16.5. The number of hydrogen-bond donors (Lipinski definition) is 0. The third-order valence-corrected chi connectivity index (χ3v) is 7.37. The summed E-state index contributed by atoms with van der Waals surface area (Å²) in [7, 11) is -1.24. The summed E-state index contributed by atoms with van der Waals surface area (Å²) in [5.74, 6) is 0.0410. The molecule has 1 aliphatic heterocycles.